The lowest BCUT2D eigenvalue weighted by atomic mass is 9.89. The molecule has 1 atom stereocenters. The lowest BCUT2D eigenvalue weighted by Crippen LogP contribution is -2.32. The summed E-state index contributed by atoms with van der Waals surface area (Å²) >= 11 is 1.62. The van der Waals surface area contributed by atoms with E-state index in [1.54, 1.807) is 36.8 Å². The molecule has 1 fully saturated rings. The predicted molar refractivity (Wildman–Crippen MR) is 138 cm³/mol. The summed E-state index contributed by atoms with van der Waals surface area (Å²) < 4.78 is 11.0. The number of hydrogen-bond donors (Lipinski definition) is 1. The zero-order chi connectivity index (χ0) is 25.1. The number of amides is 1. The molecule has 1 amide bonds. The molecule has 1 aromatic carbocycles. The van der Waals surface area contributed by atoms with Gasteiger partial charge in [0, 0.05) is 30.5 Å². The molecular weight excluding hydrogens is 476 g/mol. The Balaban J connectivity index is 1.58. The molecule has 2 aromatic heterocycles. The molecule has 1 unspecified atom stereocenters. The fourth-order valence-electron chi connectivity index (χ4n) is 5.02. The molecule has 3 aromatic rings. The molecule has 1 saturated carbocycles. The van der Waals surface area contributed by atoms with Gasteiger partial charge < -0.3 is 14.6 Å². The first kappa shape index (κ1) is 24.2. The van der Waals surface area contributed by atoms with Gasteiger partial charge in [0.25, 0.3) is 5.91 Å². The van der Waals surface area contributed by atoms with Gasteiger partial charge in [0.05, 0.1) is 12.2 Å². The number of thiophene rings is 1. The number of methoxy groups -OCH3 is 1. The van der Waals surface area contributed by atoms with E-state index in [9.17, 15) is 14.7 Å². The summed E-state index contributed by atoms with van der Waals surface area (Å²) in [6, 6.07) is 12.3. The van der Waals surface area contributed by atoms with Crippen molar-refractivity contribution in [3.05, 3.63) is 76.3 Å². The van der Waals surface area contributed by atoms with Crippen LogP contribution in [-0.2, 0) is 14.3 Å². The van der Waals surface area contributed by atoms with Crippen LogP contribution in [0.15, 0.2) is 70.8 Å². The number of carbonyl (C=O) groups excluding carboxylic acids is 2. The van der Waals surface area contributed by atoms with Crippen molar-refractivity contribution in [2.24, 2.45) is 5.92 Å². The average Bonchev–Trinajstić information content (AvgIpc) is 3.67. The number of ether oxygens (including phenoxy) is 2. The number of benzene rings is 1. The SMILES string of the molecule is COCCOc1ncccc1C1C(C(=O)C2CCCC2)=C(O)C(=O)N1c1ccc(-c2ccsc2)cc1. The van der Waals surface area contributed by atoms with Crippen LogP contribution in [0.1, 0.15) is 37.3 Å². The minimum Gasteiger partial charge on any atom is -0.503 e. The number of aromatic nitrogens is 1. The van der Waals surface area contributed by atoms with Crippen LogP contribution in [0.5, 0.6) is 5.88 Å². The number of ketones is 1. The maximum atomic E-state index is 13.7. The third kappa shape index (κ3) is 4.54. The minimum absolute atomic E-state index is 0.124. The third-order valence-electron chi connectivity index (χ3n) is 6.82. The van der Waals surface area contributed by atoms with Crippen molar-refractivity contribution >= 4 is 28.7 Å². The van der Waals surface area contributed by atoms with Crippen molar-refractivity contribution in [3.8, 4) is 17.0 Å². The Morgan fingerprint density at radius 1 is 1.11 bits per heavy atom. The monoisotopic (exact) mass is 504 g/mol. The Bertz CT molecular complexity index is 1260. The zero-order valence-corrected chi connectivity index (χ0v) is 20.9. The van der Waals surface area contributed by atoms with Gasteiger partial charge in [-0.1, -0.05) is 25.0 Å². The van der Waals surface area contributed by atoms with Crippen LogP contribution in [-0.4, -0.2) is 42.1 Å². The maximum absolute atomic E-state index is 13.7. The number of anilines is 1. The fraction of sp³-hybridized carbons (Fsp3) is 0.321. The van der Waals surface area contributed by atoms with Gasteiger partial charge in [0.15, 0.2) is 11.5 Å². The molecule has 0 saturated heterocycles. The summed E-state index contributed by atoms with van der Waals surface area (Å²) in [5.41, 5.74) is 3.37. The van der Waals surface area contributed by atoms with Gasteiger partial charge in [-0.2, -0.15) is 11.3 Å². The topological polar surface area (TPSA) is 89.0 Å². The van der Waals surface area contributed by atoms with Crippen LogP contribution in [0, 0.1) is 5.92 Å². The van der Waals surface area contributed by atoms with Crippen molar-refractivity contribution in [3.63, 3.8) is 0 Å². The van der Waals surface area contributed by atoms with E-state index in [2.05, 4.69) is 10.4 Å². The highest BCUT2D eigenvalue weighted by molar-refractivity contribution is 7.08. The van der Waals surface area contributed by atoms with Crippen LogP contribution in [0.2, 0.25) is 0 Å². The molecule has 1 N–H and O–H groups in total. The van der Waals surface area contributed by atoms with Crippen LogP contribution < -0.4 is 9.64 Å². The van der Waals surface area contributed by atoms with E-state index in [4.69, 9.17) is 9.47 Å². The van der Waals surface area contributed by atoms with Gasteiger partial charge in [0.2, 0.25) is 5.88 Å². The molecule has 0 spiro atoms. The first-order chi connectivity index (χ1) is 17.6. The Labute approximate surface area is 214 Å². The zero-order valence-electron chi connectivity index (χ0n) is 20.1. The molecule has 36 heavy (non-hydrogen) atoms. The molecule has 186 valence electrons. The van der Waals surface area contributed by atoms with Crippen molar-refractivity contribution in [2.75, 3.05) is 25.2 Å². The first-order valence-corrected chi connectivity index (χ1v) is 13.0. The van der Waals surface area contributed by atoms with Crippen LogP contribution in [0.4, 0.5) is 5.69 Å². The number of rotatable bonds is 9. The summed E-state index contributed by atoms with van der Waals surface area (Å²) in [5, 5.41) is 15.1. The van der Waals surface area contributed by atoms with E-state index in [0.717, 1.165) is 36.8 Å². The highest BCUT2D eigenvalue weighted by Gasteiger charge is 2.47. The highest BCUT2D eigenvalue weighted by atomic mass is 32.1. The van der Waals surface area contributed by atoms with E-state index >= 15 is 0 Å². The van der Waals surface area contributed by atoms with Crippen molar-refractivity contribution in [2.45, 2.75) is 31.7 Å². The number of pyridine rings is 1. The second-order valence-electron chi connectivity index (χ2n) is 8.98. The number of aliphatic hydroxyl groups excluding tert-OH is 1. The average molecular weight is 505 g/mol. The highest BCUT2D eigenvalue weighted by Crippen LogP contribution is 2.45. The van der Waals surface area contributed by atoms with E-state index in [1.807, 2.05) is 35.7 Å². The van der Waals surface area contributed by atoms with Gasteiger partial charge in [-0.15, -0.1) is 0 Å². The molecule has 0 bridgehead atoms. The van der Waals surface area contributed by atoms with E-state index in [1.165, 1.54) is 4.90 Å². The first-order valence-electron chi connectivity index (χ1n) is 12.1. The molecule has 8 heteroatoms. The number of carbonyl (C=O) groups is 2. The number of nitrogens with zero attached hydrogens (tertiary/aromatic N) is 2. The van der Waals surface area contributed by atoms with Crippen molar-refractivity contribution in [1.29, 1.82) is 0 Å². The summed E-state index contributed by atoms with van der Waals surface area (Å²) in [4.78, 5) is 33.0. The molecule has 1 aliphatic heterocycles. The van der Waals surface area contributed by atoms with Gasteiger partial charge >= 0.3 is 0 Å². The van der Waals surface area contributed by atoms with Gasteiger partial charge in [-0.25, -0.2) is 4.98 Å². The van der Waals surface area contributed by atoms with Crippen LogP contribution >= 0.6 is 11.3 Å². The third-order valence-corrected chi connectivity index (χ3v) is 7.50. The Morgan fingerprint density at radius 3 is 2.58 bits per heavy atom. The molecule has 3 heterocycles. The van der Waals surface area contributed by atoms with Gasteiger partial charge in [0.1, 0.15) is 12.6 Å². The standard InChI is InChI=1S/C28H28N2O5S/c1-34-14-15-35-27-22(7-4-13-29-27)24-23(25(31)19-5-2-3-6-19)26(32)28(33)30(24)21-10-8-18(9-11-21)20-12-16-36-17-20/h4,7-13,16-17,19,24,32H,2-3,5-6,14-15H2,1H3. The van der Waals surface area contributed by atoms with Crippen molar-refractivity contribution in [1.82, 2.24) is 4.98 Å². The Morgan fingerprint density at radius 2 is 1.89 bits per heavy atom. The van der Waals surface area contributed by atoms with Gasteiger partial charge in [-0.05, 0) is 65.1 Å². The largest absolute Gasteiger partial charge is 0.503 e. The second-order valence-corrected chi connectivity index (χ2v) is 9.76. The number of hydrogen-bond acceptors (Lipinski definition) is 7. The Kier molecular flexibility index (Phi) is 7.16. The normalized spacial score (nSPS) is 18.3. The van der Waals surface area contributed by atoms with E-state index < -0.39 is 17.7 Å². The Hall–Kier alpha value is -3.49. The fourth-order valence-corrected chi connectivity index (χ4v) is 5.69. The molecular formula is C28H28N2O5S. The second kappa shape index (κ2) is 10.6. The summed E-state index contributed by atoms with van der Waals surface area (Å²) in [5.74, 6) is -1.17. The van der Waals surface area contributed by atoms with Crippen LogP contribution in [0.3, 0.4) is 0 Å². The molecule has 1 aliphatic carbocycles. The number of Topliss-reactive ketones (excluding diaryl/α,β-unsaturated/α-hetero) is 1. The van der Waals surface area contributed by atoms with E-state index in [-0.39, 0.29) is 23.9 Å². The van der Waals surface area contributed by atoms with Crippen molar-refractivity contribution < 1.29 is 24.2 Å². The molecule has 0 radical (unpaired) electrons. The van der Waals surface area contributed by atoms with Gasteiger partial charge in [-0.3, -0.25) is 14.5 Å². The molecule has 7 nitrogen and oxygen atoms in total. The minimum atomic E-state index is -0.844. The van der Waals surface area contributed by atoms with E-state index in [0.29, 0.717) is 23.7 Å². The summed E-state index contributed by atoms with van der Waals surface area (Å²) in [6.45, 7) is 0.625. The summed E-state index contributed by atoms with van der Waals surface area (Å²) in [6.07, 6.45) is 5.06. The maximum Gasteiger partial charge on any atom is 0.294 e. The smallest absolute Gasteiger partial charge is 0.294 e. The predicted octanol–water partition coefficient (Wildman–Crippen LogP) is 5.49. The number of aliphatic hydroxyl groups is 1. The summed E-state index contributed by atoms with van der Waals surface area (Å²) in [7, 11) is 1.58. The molecule has 5 rings (SSSR count). The quantitative estimate of drug-likeness (QED) is 0.388. The lowest BCUT2D eigenvalue weighted by molar-refractivity contribution is -0.120. The lowest BCUT2D eigenvalue weighted by Gasteiger charge is -2.28. The van der Waals surface area contributed by atoms with Crippen LogP contribution in [0.25, 0.3) is 11.1 Å². The molecule has 2 aliphatic rings.